The number of nitrogens with zero attached hydrogens (tertiary/aromatic N) is 2. The third-order valence-corrected chi connectivity index (χ3v) is 4.36. The zero-order chi connectivity index (χ0) is 16.3. The van der Waals surface area contributed by atoms with E-state index >= 15 is 0 Å². The van der Waals surface area contributed by atoms with Gasteiger partial charge in [-0.25, -0.2) is 9.78 Å². The van der Waals surface area contributed by atoms with Crippen LogP contribution in [-0.2, 0) is 17.0 Å². The minimum Gasteiger partial charge on any atom is -0.463 e. The fourth-order valence-electron chi connectivity index (χ4n) is 2.12. The van der Waals surface area contributed by atoms with E-state index in [2.05, 4.69) is 35.1 Å². The summed E-state index contributed by atoms with van der Waals surface area (Å²) >= 11 is 1.62. The minimum absolute atomic E-state index is 0.232. The molecule has 2 heterocycles. The lowest BCUT2D eigenvalue weighted by molar-refractivity contribution is 0.0563. The summed E-state index contributed by atoms with van der Waals surface area (Å²) in [6, 6.07) is 3.44. The van der Waals surface area contributed by atoms with Gasteiger partial charge in [-0.05, 0) is 31.9 Å². The second-order valence-corrected chi connectivity index (χ2v) is 6.56. The summed E-state index contributed by atoms with van der Waals surface area (Å²) in [4.78, 5) is 16.0. The van der Waals surface area contributed by atoms with Gasteiger partial charge in [0.15, 0.2) is 5.16 Å². The number of furan rings is 1. The number of imidazole rings is 1. The Morgan fingerprint density at radius 3 is 2.77 bits per heavy atom. The topological polar surface area (TPSA) is 57.3 Å². The van der Waals surface area contributed by atoms with Gasteiger partial charge < -0.3 is 13.7 Å². The highest BCUT2D eigenvalue weighted by Gasteiger charge is 2.15. The van der Waals surface area contributed by atoms with Gasteiger partial charge in [-0.3, -0.25) is 0 Å². The molecule has 0 radical (unpaired) electrons. The Morgan fingerprint density at radius 1 is 1.41 bits per heavy atom. The molecule has 6 heteroatoms. The van der Waals surface area contributed by atoms with Crippen LogP contribution in [-0.4, -0.2) is 22.6 Å². The average molecular weight is 322 g/mol. The molecule has 2 aromatic rings. The van der Waals surface area contributed by atoms with E-state index in [-0.39, 0.29) is 5.76 Å². The zero-order valence-electron chi connectivity index (χ0n) is 13.7. The molecule has 2 rings (SSSR count). The van der Waals surface area contributed by atoms with Gasteiger partial charge in [0, 0.05) is 12.2 Å². The van der Waals surface area contributed by atoms with Crippen LogP contribution >= 0.6 is 11.8 Å². The molecular formula is C16H22N2O3S. The van der Waals surface area contributed by atoms with Crippen LogP contribution in [0.5, 0.6) is 0 Å². The normalized spacial score (nSPS) is 11.2. The van der Waals surface area contributed by atoms with Crippen molar-refractivity contribution in [3.05, 3.63) is 35.0 Å². The van der Waals surface area contributed by atoms with Crippen molar-refractivity contribution < 1.29 is 13.9 Å². The van der Waals surface area contributed by atoms with Crippen LogP contribution in [0.15, 0.2) is 21.7 Å². The first-order valence-corrected chi connectivity index (χ1v) is 8.24. The highest BCUT2D eigenvalue weighted by atomic mass is 32.2. The second kappa shape index (κ2) is 7.05. The number of rotatable bonds is 6. The molecule has 0 fully saturated rings. The number of aryl methyl sites for hydroxylation is 1. The number of ether oxygens (including phenoxy) is 1. The van der Waals surface area contributed by atoms with Crippen molar-refractivity contribution in [1.29, 1.82) is 0 Å². The Balaban J connectivity index is 2.09. The van der Waals surface area contributed by atoms with E-state index in [1.165, 1.54) is 12.8 Å². The molecule has 0 aliphatic carbocycles. The third-order valence-electron chi connectivity index (χ3n) is 3.36. The van der Waals surface area contributed by atoms with E-state index in [9.17, 15) is 4.79 Å². The molecule has 0 aromatic carbocycles. The van der Waals surface area contributed by atoms with Gasteiger partial charge in [0.25, 0.3) is 0 Å². The van der Waals surface area contributed by atoms with Gasteiger partial charge in [-0.2, -0.15) is 0 Å². The first-order chi connectivity index (χ1) is 10.4. The molecule has 5 nitrogen and oxygen atoms in total. The predicted molar refractivity (Wildman–Crippen MR) is 86.1 cm³/mol. The number of thioether (sulfide) groups is 1. The van der Waals surface area contributed by atoms with Crippen LogP contribution in [0.3, 0.4) is 0 Å². The highest BCUT2D eigenvalue weighted by Crippen LogP contribution is 2.26. The van der Waals surface area contributed by atoms with Crippen molar-refractivity contribution in [1.82, 2.24) is 9.55 Å². The quantitative estimate of drug-likeness (QED) is 0.597. The predicted octanol–water partition coefficient (Wildman–Crippen LogP) is 3.83. The molecule has 22 heavy (non-hydrogen) atoms. The fraction of sp³-hybridized carbons (Fsp3) is 0.500. The Labute approximate surface area is 135 Å². The number of hydrogen-bond donors (Lipinski definition) is 0. The maximum Gasteiger partial charge on any atom is 0.373 e. The molecule has 120 valence electrons. The summed E-state index contributed by atoms with van der Waals surface area (Å²) in [7, 11) is 1.34. The van der Waals surface area contributed by atoms with Crippen LogP contribution in [0.25, 0.3) is 0 Å². The number of esters is 1. The molecule has 0 amide bonds. The number of aromatic nitrogens is 2. The molecule has 0 spiro atoms. The molecule has 0 N–H and O–H groups in total. The van der Waals surface area contributed by atoms with Gasteiger partial charge in [0.2, 0.25) is 5.76 Å². The maximum atomic E-state index is 11.4. The monoisotopic (exact) mass is 322 g/mol. The van der Waals surface area contributed by atoms with E-state index in [1.54, 1.807) is 23.9 Å². The lowest BCUT2D eigenvalue weighted by Gasteiger charge is -2.11. The molecule has 0 saturated heterocycles. The van der Waals surface area contributed by atoms with E-state index in [1.807, 2.05) is 6.92 Å². The van der Waals surface area contributed by atoms with Crippen molar-refractivity contribution in [3.63, 3.8) is 0 Å². The molecule has 0 bridgehead atoms. The van der Waals surface area contributed by atoms with Gasteiger partial charge in [-0.15, -0.1) is 0 Å². The molecule has 0 saturated carbocycles. The van der Waals surface area contributed by atoms with Crippen LogP contribution in [0.2, 0.25) is 0 Å². The number of carbonyl (C=O) groups excluding carboxylic acids is 1. The standard InChI is InChI=1S/C16H22N2O3S/c1-10(2)8-18-12(4)11(3)17-16(18)22-9-13-6-7-14(21-13)15(19)20-5/h6-7,10H,8-9H2,1-5H3. The number of carbonyl (C=O) groups is 1. The molecule has 0 atom stereocenters. The van der Waals surface area contributed by atoms with Crippen molar-refractivity contribution in [2.45, 2.75) is 45.1 Å². The Kier molecular flexibility index (Phi) is 5.34. The Hall–Kier alpha value is -1.69. The van der Waals surface area contributed by atoms with Crippen molar-refractivity contribution in [2.75, 3.05) is 7.11 Å². The average Bonchev–Trinajstić information content (AvgIpc) is 3.04. The lowest BCUT2D eigenvalue weighted by atomic mass is 10.2. The Morgan fingerprint density at radius 2 is 2.14 bits per heavy atom. The third kappa shape index (κ3) is 3.74. The summed E-state index contributed by atoms with van der Waals surface area (Å²) in [6.45, 7) is 9.45. The van der Waals surface area contributed by atoms with Gasteiger partial charge in [-0.1, -0.05) is 25.6 Å². The van der Waals surface area contributed by atoms with E-state index in [0.717, 1.165) is 23.2 Å². The van der Waals surface area contributed by atoms with Crippen molar-refractivity contribution in [2.24, 2.45) is 5.92 Å². The molecule has 0 unspecified atom stereocenters. The van der Waals surface area contributed by atoms with Gasteiger partial charge >= 0.3 is 5.97 Å². The molecular weight excluding hydrogens is 300 g/mol. The maximum absolute atomic E-state index is 11.4. The molecule has 0 aliphatic rings. The first kappa shape index (κ1) is 16.7. The molecule has 0 aliphatic heterocycles. The van der Waals surface area contributed by atoms with Gasteiger partial charge in [0.05, 0.1) is 18.6 Å². The van der Waals surface area contributed by atoms with Crippen molar-refractivity contribution in [3.8, 4) is 0 Å². The first-order valence-electron chi connectivity index (χ1n) is 7.26. The summed E-state index contributed by atoms with van der Waals surface area (Å²) in [5.74, 6) is 1.70. The van der Waals surface area contributed by atoms with E-state index < -0.39 is 5.97 Å². The fourth-order valence-corrected chi connectivity index (χ4v) is 3.11. The summed E-state index contributed by atoms with van der Waals surface area (Å²) < 4.78 is 12.4. The van der Waals surface area contributed by atoms with Crippen LogP contribution < -0.4 is 0 Å². The zero-order valence-corrected chi connectivity index (χ0v) is 14.5. The SMILES string of the molecule is COC(=O)c1ccc(CSc2nc(C)c(C)n2CC(C)C)o1. The second-order valence-electron chi connectivity index (χ2n) is 5.62. The van der Waals surface area contributed by atoms with Crippen LogP contribution in [0.4, 0.5) is 0 Å². The summed E-state index contributed by atoms with van der Waals surface area (Å²) in [5, 5.41) is 0.986. The summed E-state index contributed by atoms with van der Waals surface area (Å²) in [6.07, 6.45) is 0. The largest absolute Gasteiger partial charge is 0.463 e. The van der Waals surface area contributed by atoms with Crippen LogP contribution in [0, 0.1) is 19.8 Å². The highest BCUT2D eigenvalue weighted by molar-refractivity contribution is 7.98. The number of hydrogen-bond acceptors (Lipinski definition) is 5. The number of methoxy groups -OCH3 is 1. The van der Waals surface area contributed by atoms with Crippen LogP contribution in [0.1, 0.15) is 41.6 Å². The van der Waals surface area contributed by atoms with Gasteiger partial charge in [0.1, 0.15) is 5.76 Å². The van der Waals surface area contributed by atoms with E-state index in [0.29, 0.717) is 11.7 Å². The van der Waals surface area contributed by atoms with Crippen molar-refractivity contribution >= 4 is 17.7 Å². The summed E-state index contributed by atoms with van der Waals surface area (Å²) in [5.41, 5.74) is 2.25. The van der Waals surface area contributed by atoms with E-state index in [4.69, 9.17) is 4.42 Å². The minimum atomic E-state index is -0.454. The lowest BCUT2D eigenvalue weighted by Crippen LogP contribution is -2.07. The molecule has 2 aromatic heterocycles. The Bertz CT molecular complexity index is 658. The smallest absolute Gasteiger partial charge is 0.373 e.